The van der Waals surface area contributed by atoms with Gasteiger partial charge in [0.15, 0.2) is 5.82 Å². The highest BCUT2D eigenvalue weighted by molar-refractivity contribution is 9.10. The Morgan fingerprint density at radius 2 is 1.71 bits per heavy atom. The maximum atomic E-state index is 6.04. The average molecular weight is 345 g/mol. The van der Waals surface area contributed by atoms with Crippen molar-refractivity contribution < 1.29 is 0 Å². The summed E-state index contributed by atoms with van der Waals surface area (Å²) in [6.45, 7) is 6.33. The number of nitrogens with two attached hydrogens (primary N) is 1. The second-order valence-electron chi connectivity index (χ2n) is 6.10. The van der Waals surface area contributed by atoms with Crippen LogP contribution in [-0.4, -0.2) is 15.0 Å². The Morgan fingerprint density at radius 3 is 2.38 bits per heavy atom. The summed E-state index contributed by atoms with van der Waals surface area (Å²) in [7, 11) is 0. The number of aromatic nitrogens is 3. The SMILES string of the molecule is CC(C)(C)c1c(N)nnn1-c1ccc(Br)c2ccccc12. The number of nitrogen functional groups attached to an aromatic ring is 1. The third kappa shape index (κ3) is 2.31. The van der Waals surface area contributed by atoms with E-state index in [0.717, 1.165) is 26.6 Å². The van der Waals surface area contributed by atoms with Gasteiger partial charge in [-0.3, -0.25) is 0 Å². The van der Waals surface area contributed by atoms with Crippen molar-refractivity contribution in [2.45, 2.75) is 26.2 Å². The van der Waals surface area contributed by atoms with E-state index in [-0.39, 0.29) is 5.41 Å². The molecule has 0 spiro atoms. The van der Waals surface area contributed by atoms with Crippen molar-refractivity contribution in [2.75, 3.05) is 5.73 Å². The lowest BCUT2D eigenvalue weighted by Gasteiger charge is -2.21. The van der Waals surface area contributed by atoms with Gasteiger partial charge in [0.05, 0.1) is 11.4 Å². The Morgan fingerprint density at radius 1 is 1.05 bits per heavy atom. The standard InChI is InChI=1S/C16H17BrN4/c1-16(2,3)14-15(18)19-20-21(14)13-9-8-12(17)10-6-4-5-7-11(10)13/h4-9H,18H2,1-3H3. The third-order valence-corrected chi connectivity index (χ3v) is 4.17. The summed E-state index contributed by atoms with van der Waals surface area (Å²) in [6, 6.07) is 12.3. The summed E-state index contributed by atoms with van der Waals surface area (Å²) in [5.41, 5.74) is 7.81. The van der Waals surface area contributed by atoms with Gasteiger partial charge in [-0.2, -0.15) is 0 Å². The van der Waals surface area contributed by atoms with E-state index < -0.39 is 0 Å². The van der Waals surface area contributed by atoms with E-state index in [4.69, 9.17) is 5.73 Å². The third-order valence-electron chi connectivity index (χ3n) is 3.48. The van der Waals surface area contributed by atoms with Gasteiger partial charge >= 0.3 is 0 Å². The van der Waals surface area contributed by atoms with E-state index in [2.05, 4.69) is 59.1 Å². The van der Waals surface area contributed by atoms with E-state index >= 15 is 0 Å². The highest BCUT2D eigenvalue weighted by Crippen LogP contribution is 2.33. The van der Waals surface area contributed by atoms with E-state index in [1.165, 1.54) is 0 Å². The van der Waals surface area contributed by atoms with Gasteiger partial charge in [0.1, 0.15) is 0 Å². The Bertz CT molecular complexity index is 815. The van der Waals surface area contributed by atoms with Crippen molar-refractivity contribution in [3.05, 3.63) is 46.6 Å². The second kappa shape index (κ2) is 4.84. The van der Waals surface area contributed by atoms with Crippen LogP contribution in [0.4, 0.5) is 5.82 Å². The van der Waals surface area contributed by atoms with Crippen LogP contribution in [0, 0.1) is 0 Å². The van der Waals surface area contributed by atoms with Gasteiger partial charge in [0.2, 0.25) is 0 Å². The topological polar surface area (TPSA) is 56.7 Å². The molecule has 108 valence electrons. The molecule has 0 unspecified atom stereocenters. The quantitative estimate of drug-likeness (QED) is 0.724. The maximum Gasteiger partial charge on any atom is 0.170 e. The lowest BCUT2D eigenvalue weighted by Crippen LogP contribution is -2.19. The number of rotatable bonds is 1. The smallest absolute Gasteiger partial charge is 0.170 e. The zero-order chi connectivity index (χ0) is 15.2. The number of anilines is 1. The average Bonchev–Trinajstić information content (AvgIpc) is 2.81. The van der Waals surface area contributed by atoms with Crippen LogP contribution in [-0.2, 0) is 5.41 Å². The van der Waals surface area contributed by atoms with Gasteiger partial charge in [-0.25, -0.2) is 4.68 Å². The number of benzene rings is 2. The summed E-state index contributed by atoms with van der Waals surface area (Å²) >= 11 is 3.60. The largest absolute Gasteiger partial charge is 0.381 e. The number of hydrogen-bond acceptors (Lipinski definition) is 3. The second-order valence-corrected chi connectivity index (χ2v) is 6.95. The van der Waals surface area contributed by atoms with E-state index in [0.29, 0.717) is 5.82 Å². The van der Waals surface area contributed by atoms with Gasteiger partial charge in [-0.05, 0) is 17.5 Å². The van der Waals surface area contributed by atoms with E-state index in [1.807, 2.05) is 28.9 Å². The predicted molar refractivity (Wildman–Crippen MR) is 89.7 cm³/mol. The van der Waals surface area contributed by atoms with Crippen molar-refractivity contribution in [3.63, 3.8) is 0 Å². The van der Waals surface area contributed by atoms with Gasteiger partial charge < -0.3 is 5.73 Å². The van der Waals surface area contributed by atoms with Gasteiger partial charge in [-0.1, -0.05) is 66.2 Å². The zero-order valence-electron chi connectivity index (χ0n) is 12.3. The minimum absolute atomic E-state index is 0.137. The predicted octanol–water partition coefficient (Wildman–Crippen LogP) is 4.06. The maximum absolute atomic E-state index is 6.04. The van der Waals surface area contributed by atoms with Crippen LogP contribution in [0.2, 0.25) is 0 Å². The summed E-state index contributed by atoms with van der Waals surface area (Å²) in [6.07, 6.45) is 0. The van der Waals surface area contributed by atoms with Gasteiger partial charge in [0, 0.05) is 15.3 Å². The molecule has 2 N–H and O–H groups in total. The molecule has 0 saturated heterocycles. The molecule has 0 aliphatic carbocycles. The molecule has 0 amide bonds. The summed E-state index contributed by atoms with van der Waals surface area (Å²) in [5.74, 6) is 0.481. The molecule has 0 bridgehead atoms. The molecule has 0 saturated carbocycles. The first-order valence-electron chi connectivity index (χ1n) is 6.79. The first-order valence-corrected chi connectivity index (χ1v) is 7.58. The Balaban J connectivity index is 2.35. The Labute approximate surface area is 132 Å². The minimum atomic E-state index is -0.137. The van der Waals surface area contributed by atoms with Crippen LogP contribution in [0.3, 0.4) is 0 Å². The van der Waals surface area contributed by atoms with E-state index in [1.54, 1.807) is 0 Å². The van der Waals surface area contributed by atoms with Gasteiger partial charge in [0.25, 0.3) is 0 Å². The summed E-state index contributed by atoms with van der Waals surface area (Å²) in [4.78, 5) is 0. The van der Waals surface area contributed by atoms with Crippen LogP contribution in [0.15, 0.2) is 40.9 Å². The van der Waals surface area contributed by atoms with Crippen molar-refractivity contribution >= 4 is 32.5 Å². The normalized spacial score (nSPS) is 12.0. The van der Waals surface area contributed by atoms with Crippen molar-refractivity contribution in [3.8, 4) is 5.69 Å². The lowest BCUT2D eigenvalue weighted by molar-refractivity contribution is 0.545. The van der Waals surface area contributed by atoms with Crippen LogP contribution in [0.5, 0.6) is 0 Å². The highest BCUT2D eigenvalue weighted by atomic mass is 79.9. The number of halogens is 1. The molecule has 5 heteroatoms. The molecule has 0 atom stereocenters. The van der Waals surface area contributed by atoms with Crippen LogP contribution >= 0.6 is 15.9 Å². The monoisotopic (exact) mass is 344 g/mol. The zero-order valence-corrected chi connectivity index (χ0v) is 13.8. The molecule has 21 heavy (non-hydrogen) atoms. The first-order chi connectivity index (χ1) is 9.89. The molecule has 4 nitrogen and oxygen atoms in total. The molecular formula is C16H17BrN4. The Kier molecular flexibility index (Phi) is 3.24. The summed E-state index contributed by atoms with van der Waals surface area (Å²) in [5, 5.41) is 10.6. The highest BCUT2D eigenvalue weighted by Gasteiger charge is 2.25. The van der Waals surface area contributed by atoms with Crippen molar-refractivity contribution in [1.29, 1.82) is 0 Å². The minimum Gasteiger partial charge on any atom is -0.381 e. The van der Waals surface area contributed by atoms with E-state index in [9.17, 15) is 0 Å². The molecule has 0 fully saturated rings. The molecule has 3 aromatic rings. The molecule has 1 aromatic heterocycles. The number of nitrogens with zero attached hydrogens (tertiary/aromatic N) is 3. The summed E-state index contributed by atoms with van der Waals surface area (Å²) < 4.78 is 2.91. The molecule has 2 aromatic carbocycles. The molecule has 0 aliphatic rings. The van der Waals surface area contributed by atoms with Crippen LogP contribution < -0.4 is 5.73 Å². The van der Waals surface area contributed by atoms with Crippen LogP contribution in [0.25, 0.3) is 16.5 Å². The van der Waals surface area contributed by atoms with Gasteiger partial charge in [-0.15, -0.1) is 5.10 Å². The molecule has 0 aliphatic heterocycles. The Hall–Kier alpha value is -1.88. The number of hydrogen-bond donors (Lipinski definition) is 1. The fourth-order valence-corrected chi connectivity index (χ4v) is 3.07. The molecule has 3 rings (SSSR count). The number of fused-ring (bicyclic) bond motifs is 1. The lowest BCUT2D eigenvalue weighted by atomic mass is 9.91. The van der Waals surface area contributed by atoms with Crippen molar-refractivity contribution in [2.24, 2.45) is 0 Å². The molecule has 1 heterocycles. The molecule has 0 radical (unpaired) electrons. The first kappa shape index (κ1) is 14.1. The fraction of sp³-hybridized carbons (Fsp3) is 0.250. The fourth-order valence-electron chi connectivity index (χ4n) is 2.60. The van der Waals surface area contributed by atoms with Crippen molar-refractivity contribution in [1.82, 2.24) is 15.0 Å². The molecular weight excluding hydrogens is 328 g/mol. The van der Waals surface area contributed by atoms with Crippen LogP contribution in [0.1, 0.15) is 26.5 Å².